The highest BCUT2D eigenvalue weighted by atomic mass is 32.2. The first-order valence-electron chi connectivity index (χ1n) is 6.21. The standard InChI is InChI=1S/C13H19NO3S/c1-18(15,16)13-7-3-2-6-12(13)14-11-5-4-9-17-10-8-11/h2-3,6-7,11,14H,4-5,8-10H2,1H3. The van der Waals surface area contributed by atoms with E-state index in [4.69, 9.17) is 4.74 Å². The highest BCUT2D eigenvalue weighted by Crippen LogP contribution is 2.23. The Morgan fingerprint density at radius 1 is 1.22 bits per heavy atom. The first kappa shape index (κ1) is 13.4. The van der Waals surface area contributed by atoms with Gasteiger partial charge in [0.15, 0.2) is 9.84 Å². The van der Waals surface area contributed by atoms with E-state index in [0.717, 1.165) is 32.5 Å². The quantitative estimate of drug-likeness (QED) is 0.912. The number of sulfone groups is 1. The van der Waals surface area contributed by atoms with Crippen LogP contribution in [0.5, 0.6) is 0 Å². The fourth-order valence-electron chi connectivity index (χ4n) is 2.18. The van der Waals surface area contributed by atoms with Gasteiger partial charge in [-0.3, -0.25) is 0 Å². The maximum atomic E-state index is 11.7. The van der Waals surface area contributed by atoms with Crippen molar-refractivity contribution in [3.63, 3.8) is 0 Å². The Kier molecular flexibility index (Phi) is 4.24. The molecule has 0 aliphatic carbocycles. The Labute approximate surface area is 108 Å². The number of hydrogen-bond acceptors (Lipinski definition) is 4. The molecule has 0 radical (unpaired) electrons. The maximum absolute atomic E-state index is 11.7. The van der Waals surface area contributed by atoms with Crippen LogP contribution < -0.4 is 5.32 Å². The highest BCUT2D eigenvalue weighted by molar-refractivity contribution is 7.90. The summed E-state index contributed by atoms with van der Waals surface area (Å²) in [6.07, 6.45) is 4.18. The average molecular weight is 269 g/mol. The molecule has 1 N–H and O–H groups in total. The summed E-state index contributed by atoms with van der Waals surface area (Å²) in [7, 11) is -3.19. The summed E-state index contributed by atoms with van der Waals surface area (Å²) < 4.78 is 28.8. The lowest BCUT2D eigenvalue weighted by molar-refractivity contribution is 0.144. The minimum Gasteiger partial charge on any atom is -0.381 e. The average Bonchev–Trinajstić information content (AvgIpc) is 2.57. The number of ether oxygens (including phenoxy) is 1. The predicted octanol–water partition coefficient (Wildman–Crippen LogP) is 2.07. The molecule has 1 aliphatic rings. The second kappa shape index (κ2) is 5.71. The van der Waals surface area contributed by atoms with Crippen molar-refractivity contribution in [3.8, 4) is 0 Å². The molecule has 1 aromatic carbocycles. The van der Waals surface area contributed by atoms with E-state index in [1.165, 1.54) is 6.26 Å². The second-order valence-corrected chi connectivity index (χ2v) is 6.64. The molecule has 4 nitrogen and oxygen atoms in total. The number of para-hydroxylation sites is 1. The molecule has 18 heavy (non-hydrogen) atoms. The van der Waals surface area contributed by atoms with Gasteiger partial charge < -0.3 is 10.1 Å². The van der Waals surface area contributed by atoms with E-state index in [0.29, 0.717) is 10.6 Å². The normalized spacial score (nSPS) is 21.3. The lowest BCUT2D eigenvalue weighted by Gasteiger charge is -2.19. The molecule has 1 fully saturated rings. The van der Waals surface area contributed by atoms with Gasteiger partial charge in [0.2, 0.25) is 0 Å². The molecule has 1 aromatic rings. The lowest BCUT2D eigenvalue weighted by atomic mass is 10.1. The third kappa shape index (κ3) is 3.46. The van der Waals surface area contributed by atoms with Crippen molar-refractivity contribution in [1.82, 2.24) is 0 Å². The van der Waals surface area contributed by atoms with Gasteiger partial charge in [-0.2, -0.15) is 0 Å². The van der Waals surface area contributed by atoms with Crippen molar-refractivity contribution in [2.45, 2.75) is 30.2 Å². The summed E-state index contributed by atoms with van der Waals surface area (Å²) in [5.41, 5.74) is 0.701. The molecule has 0 amide bonds. The van der Waals surface area contributed by atoms with E-state index in [1.807, 2.05) is 12.1 Å². The minimum atomic E-state index is -3.19. The van der Waals surface area contributed by atoms with Crippen LogP contribution in [0.2, 0.25) is 0 Å². The van der Waals surface area contributed by atoms with Crippen molar-refractivity contribution in [2.24, 2.45) is 0 Å². The molecule has 100 valence electrons. The highest BCUT2D eigenvalue weighted by Gasteiger charge is 2.17. The fraction of sp³-hybridized carbons (Fsp3) is 0.538. The van der Waals surface area contributed by atoms with E-state index >= 15 is 0 Å². The van der Waals surface area contributed by atoms with E-state index < -0.39 is 9.84 Å². The van der Waals surface area contributed by atoms with Gasteiger partial charge in [0.05, 0.1) is 10.6 Å². The number of nitrogens with one attached hydrogen (secondary N) is 1. The summed E-state index contributed by atoms with van der Waals surface area (Å²) in [5, 5.41) is 3.34. The maximum Gasteiger partial charge on any atom is 0.177 e. The second-order valence-electron chi connectivity index (χ2n) is 4.65. The monoisotopic (exact) mass is 269 g/mol. The van der Waals surface area contributed by atoms with Gasteiger partial charge >= 0.3 is 0 Å². The van der Waals surface area contributed by atoms with Gasteiger partial charge in [-0.15, -0.1) is 0 Å². The zero-order chi connectivity index (χ0) is 13.0. The molecule has 1 saturated heterocycles. The molecule has 0 aromatic heterocycles. The molecular formula is C13H19NO3S. The largest absolute Gasteiger partial charge is 0.381 e. The van der Waals surface area contributed by atoms with Gasteiger partial charge in [0.1, 0.15) is 0 Å². The van der Waals surface area contributed by atoms with Gasteiger partial charge in [-0.25, -0.2) is 8.42 Å². The zero-order valence-corrected chi connectivity index (χ0v) is 11.4. The molecule has 0 spiro atoms. The van der Waals surface area contributed by atoms with Crippen molar-refractivity contribution >= 4 is 15.5 Å². The predicted molar refractivity (Wildman–Crippen MR) is 71.6 cm³/mol. The summed E-state index contributed by atoms with van der Waals surface area (Å²) >= 11 is 0. The molecule has 1 atom stereocenters. The van der Waals surface area contributed by atoms with Crippen molar-refractivity contribution in [3.05, 3.63) is 24.3 Å². The number of benzene rings is 1. The Morgan fingerprint density at radius 2 is 2.00 bits per heavy atom. The molecule has 1 unspecified atom stereocenters. The summed E-state index contributed by atoms with van der Waals surface area (Å²) in [5.74, 6) is 0. The number of hydrogen-bond donors (Lipinski definition) is 1. The minimum absolute atomic E-state index is 0.287. The van der Waals surface area contributed by atoms with Crippen molar-refractivity contribution in [2.75, 3.05) is 24.8 Å². The van der Waals surface area contributed by atoms with Crippen LogP contribution in [0.4, 0.5) is 5.69 Å². The van der Waals surface area contributed by atoms with E-state index in [9.17, 15) is 8.42 Å². The molecule has 5 heteroatoms. The SMILES string of the molecule is CS(=O)(=O)c1ccccc1NC1CCCOCC1. The van der Waals surface area contributed by atoms with Crippen LogP contribution in [0.1, 0.15) is 19.3 Å². The number of rotatable bonds is 3. The summed E-state index contributed by atoms with van der Waals surface area (Å²) in [4.78, 5) is 0.371. The third-order valence-electron chi connectivity index (χ3n) is 3.10. The van der Waals surface area contributed by atoms with Crippen LogP contribution in [0.25, 0.3) is 0 Å². The van der Waals surface area contributed by atoms with Crippen molar-refractivity contribution < 1.29 is 13.2 Å². The first-order chi connectivity index (χ1) is 8.57. The van der Waals surface area contributed by atoms with Crippen LogP contribution in [0, 0.1) is 0 Å². The lowest BCUT2D eigenvalue weighted by Crippen LogP contribution is -2.21. The Balaban J connectivity index is 2.18. The molecule has 0 bridgehead atoms. The van der Waals surface area contributed by atoms with E-state index in [-0.39, 0.29) is 6.04 Å². The van der Waals surface area contributed by atoms with Gasteiger partial charge in [-0.1, -0.05) is 12.1 Å². The smallest absolute Gasteiger partial charge is 0.177 e. The van der Waals surface area contributed by atoms with Crippen LogP contribution in [-0.2, 0) is 14.6 Å². The van der Waals surface area contributed by atoms with Crippen LogP contribution in [0.15, 0.2) is 29.2 Å². The van der Waals surface area contributed by atoms with Crippen molar-refractivity contribution in [1.29, 1.82) is 0 Å². The van der Waals surface area contributed by atoms with Gasteiger partial charge in [0, 0.05) is 25.5 Å². The van der Waals surface area contributed by atoms with E-state index in [1.54, 1.807) is 12.1 Å². The molecule has 1 heterocycles. The van der Waals surface area contributed by atoms with E-state index in [2.05, 4.69) is 5.32 Å². The van der Waals surface area contributed by atoms with Crippen LogP contribution >= 0.6 is 0 Å². The topological polar surface area (TPSA) is 55.4 Å². The molecule has 1 aliphatic heterocycles. The third-order valence-corrected chi connectivity index (χ3v) is 4.25. The summed E-state index contributed by atoms with van der Waals surface area (Å²) in [6, 6.07) is 7.35. The summed E-state index contributed by atoms with van der Waals surface area (Å²) in [6.45, 7) is 1.53. The molecular weight excluding hydrogens is 250 g/mol. The zero-order valence-electron chi connectivity index (χ0n) is 10.6. The first-order valence-corrected chi connectivity index (χ1v) is 8.10. The fourth-order valence-corrected chi connectivity index (χ4v) is 3.03. The van der Waals surface area contributed by atoms with Gasteiger partial charge in [-0.05, 0) is 31.4 Å². The number of anilines is 1. The Hall–Kier alpha value is -1.07. The van der Waals surface area contributed by atoms with Crippen LogP contribution in [0.3, 0.4) is 0 Å². The van der Waals surface area contributed by atoms with Crippen LogP contribution in [-0.4, -0.2) is 33.9 Å². The Bertz CT molecular complexity index is 491. The molecule has 2 rings (SSSR count). The van der Waals surface area contributed by atoms with Gasteiger partial charge in [0.25, 0.3) is 0 Å². The molecule has 0 saturated carbocycles. The Morgan fingerprint density at radius 3 is 2.78 bits per heavy atom.